The van der Waals surface area contributed by atoms with Crippen molar-refractivity contribution in [2.75, 3.05) is 5.32 Å². The van der Waals surface area contributed by atoms with Gasteiger partial charge in [0.15, 0.2) is 11.6 Å². The molecule has 28 heavy (non-hydrogen) atoms. The molecule has 0 fully saturated rings. The first-order valence-electron chi connectivity index (χ1n) is 8.45. The number of hydrogen-bond acceptors (Lipinski definition) is 4. The van der Waals surface area contributed by atoms with Crippen LogP contribution in [0, 0.1) is 18.6 Å². The summed E-state index contributed by atoms with van der Waals surface area (Å²) in [5.74, 6) is -2.72. The molecule has 8 heteroatoms. The number of anilines is 1. The van der Waals surface area contributed by atoms with Gasteiger partial charge in [-0.1, -0.05) is 30.3 Å². The van der Waals surface area contributed by atoms with E-state index in [-0.39, 0.29) is 18.0 Å². The van der Waals surface area contributed by atoms with Gasteiger partial charge in [-0.2, -0.15) is 0 Å². The molecule has 2 amide bonds. The van der Waals surface area contributed by atoms with Crippen molar-refractivity contribution in [2.45, 2.75) is 19.9 Å². The standard InChI is InChI=1S/C20H17F2N3O2S/c1-12-19(20(27)23-11-13-5-3-2-4-6-13)28-18(24-12)10-17(26)25-14-7-8-15(21)16(22)9-14/h2-9H,10-11H2,1H3,(H,23,27)(H,25,26). The van der Waals surface area contributed by atoms with Crippen LogP contribution < -0.4 is 10.6 Å². The number of rotatable bonds is 6. The van der Waals surface area contributed by atoms with Crippen molar-refractivity contribution in [3.63, 3.8) is 0 Å². The predicted octanol–water partition coefficient (Wildman–Crippen LogP) is 3.84. The predicted molar refractivity (Wildman–Crippen MR) is 103 cm³/mol. The highest BCUT2D eigenvalue weighted by Gasteiger charge is 2.17. The van der Waals surface area contributed by atoms with Gasteiger partial charge in [-0.05, 0) is 24.6 Å². The van der Waals surface area contributed by atoms with Crippen LogP contribution in [0.2, 0.25) is 0 Å². The van der Waals surface area contributed by atoms with Gasteiger partial charge < -0.3 is 10.6 Å². The molecule has 0 aliphatic carbocycles. The van der Waals surface area contributed by atoms with Gasteiger partial charge in [0.05, 0.1) is 12.1 Å². The Bertz CT molecular complexity index is 1010. The lowest BCUT2D eigenvalue weighted by Crippen LogP contribution is -2.22. The van der Waals surface area contributed by atoms with Crippen LogP contribution in [0.1, 0.15) is 25.9 Å². The van der Waals surface area contributed by atoms with E-state index in [1.165, 1.54) is 6.07 Å². The maximum absolute atomic E-state index is 13.2. The Balaban J connectivity index is 1.60. The fourth-order valence-corrected chi connectivity index (χ4v) is 3.49. The van der Waals surface area contributed by atoms with E-state index in [1.807, 2.05) is 30.3 Å². The minimum Gasteiger partial charge on any atom is -0.347 e. The quantitative estimate of drug-likeness (QED) is 0.659. The van der Waals surface area contributed by atoms with E-state index < -0.39 is 17.5 Å². The molecule has 3 aromatic rings. The van der Waals surface area contributed by atoms with Crippen LogP contribution in [-0.2, 0) is 17.8 Å². The molecule has 1 aromatic heterocycles. The van der Waals surface area contributed by atoms with Crippen molar-refractivity contribution in [2.24, 2.45) is 0 Å². The molecule has 0 saturated heterocycles. The van der Waals surface area contributed by atoms with Crippen LogP contribution in [-0.4, -0.2) is 16.8 Å². The average molecular weight is 401 g/mol. The molecule has 2 N–H and O–H groups in total. The average Bonchev–Trinajstić information content (AvgIpc) is 3.03. The van der Waals surface area contributed by atoms with Crippen molar-refractivity contribution in [1.29, 1.82) is 0 Å². The summed E-state index contributed by atoms with van der Waals surface area (Å²) in [6.07, 6.45) is -0.0729. The first-order chi connectivity index (χ1) is 13.4. The third kappa shape index (κ3) is 4.98. The highest BCUT2D eigenvalue weighted by Crippen LogP contribution is 2.20. The van der Waals surface area contributed by atoms with E-state index in [0.717, 1.165) is 29.0 Å². The molecule has 0 bridgehead atoms. The van der Waals surface area contributed by atoms with Gasteiger partial charge in [0.25, 0.3) is 5.91 Å². The van der Waals surface area contributed by atoms with Gasteiger partial charge in [-0.15, -0.1) is 11.3 Å². The maximum Gasteiger partial charge on any atom is 0.263 e. The summed E-state index contributed by atoms with van der Waals surface area (Å²) >= 11 is 1.13. The van der Waals surface area contributed by atoms with Crippen LogP contribution >= 0.6 is 11.3 Å². The molecule has 0 aliphatic rings. The molecule has 1 heterocycles. The Morgan fingerprint density at radius 1 is 1.07 bits per heavy atom. The first-order valence-corrected chi connectivity index (χ1v) is 9.27. The SMILES string of the molecule is Cc1nc(CC(=O)Nc2ccc(F)c(F)c2)sc1C(=O)NCc1ccccc1. The number of carbonyl (C=O) groups excluding carboxylic acids is 2. The van der Waals surface area contributed by atoms with Gasteiger partial charge >= 0.3 is 0 Å². The fraction of sp³-hybridized carbons (Fsp3) is 0.150. The van der Waals surface area contributed by atoms with Crippen molar-refractivity contribution in [3.8, 4) is 0 Å². The van der Waals surface area contributed by atoms with Crippen LogP contribution in [0.15, 0.2) is 48.5 Å². The van der Waals surface area contributed by atoms with Gasteiger partial charge in [0.2, 0.25) is 5.91 Å². The Kier molecular flexibility index (Phi) is 6.10. The molecule has 0 spiro atoms. The molecule has 2 aromatic carbocycles. The molecule has 0 radical (unpaired) electrons. The van der Waals surface area contributed by atoms with Crippen LogP contribution in [0.5, 0.6) is 0 Å². The van der Waals surface area contributed by atoms with Crippen LogP contribution in [0.4, 0.5) is 14.5 Å². The Morgan fingerprint density at radius 2 is 1.82 bits per heavy atom. The third-order valence-electron chi connectivity index (χ3n) is 3.86. The smallest absolute Gasteiger partial charge is 0.263 e. The first kappa shape index (κ1) is 19.6. The van der Waals surface area contributed by atoms with Gasteiger partial charge in [0.1, 0.15) is 9.88 Å². The second-order valence-electron chi connectivity index (χ2n) is 6.04. The van der Waals surface area contributed by atoms with Gasteiger partial charge in [-0.3, -0.25) is 9.59 Å². The lowest BCUT2D eigenvalue weighted by atomic mass is 10.2. The lowest BCUT2D eigenvalue weighted by molar-refractivity contribution is -0.115. The highest BCUT2D eigenvalue weighted by molar-refractivity contribution is 7.13. The number of benzene rings is 2. The summed E-state index contributed by atoms with van der Waals surface area (Å²) in [6, 6.07) is 12.6. The number of amides is 2. The number of halogens is 2. The van der Waals surface area contributed by atoms with E-state index in [0.29, 0.717) is 22.1 Å². The van der Waals surface area contributed by atoms with Crippen molar-refractivity contribution >= 4 is 28.8 Å². The Labute approximate surface area is 164 Å². The molecule has 0 aliphatic heterocycles. The van der Waals surface area contributed by atoms with E-state index >= 15 is 0 Å². The number of aromatic nitrogens is 1. The third-order valence-corrected chi connectivity index (χ3v) is 5.01. The zero-order chi connectivity index (χ0) is 20.1. The minimum absolute atomic E-state index is 0.0729. The number of hydrogen-bond donors (Lipinski definition) is 2. The van der Waals surface area contributed by atoms with E-state index in [1.54, 1.807) is 6.92 Å². The van der Waals surface area contributed by atoms with Crippen LogP contribution in [0.3, 0.4) is 0 Å². The normalized spacial score (nSPS) is 10.5. The molecule has 5 nitrogen and oxygen atoms in total. The summed E-state index contributed by atoms with van der Waals surface area (Å²) in [5, 5.41) is 5.77. The molecular weight excluding hydrogens is 384 g/mol. The van der Waals surface area contributed by atoms with Crippen molar-refractivity contribution in [1.82, 2.24) is 10.3 Å². The second kappa shape index (κ2) is 8.71. The largest absolute Gasteiger partial charge is 0.347 e. The summed E-state index contributed by atoms with van der Waals surface area (Å²) in [4.78, 5) is 29.2. The topological polar surface area (TPSA) is 71.1 Å². The molecule has 144 valence electrons. The van der Waals surface area contributed by atoms with Gasteiger partial charge in [0, 0.05) is 18.3 Å². The number of nitrogens with zero attached hydrogens (tertiary/aromatic N) is 1. The van der Waals surface area contributed by atoms with Crippen molar-refractivity contribution in [3.05, 3.63) is 81.3 Å². The Morgan fingerprint density at radius 3 is 2.54 bits per heavy atom. The number of aryl methyl sites for hydroxylation is 1. The lowest BCUT2D eigenvalue weighted by Gasteiger charge is -2.04. The van der Waals surface area contributed by atoms with Gasteiger partial charge in [-0.25, -0.2) is 13.8 Å². The van der Waals surface area contributed by atoms with E-state index in [4.69, 9.17) is 0 Å². The molecule has 3 rings (SSSR count). The zero-order valence-corrected chi connectivity index (χ0v) is 15.8. The van der Waals surface area contributed by atoms with Crippen LogP contribution in [0.25, 0.3) is 0 Å². The summed E-state index contributed by atoms with van der Waals surface area (Å²) in [7, 11) is 0. The molecule has 0 saturated carbocycles. The van der Waals surface area contributed by atoms with E-state index in [2.05, 4.69) is 15.6 Å². The summed E-state index contributed by atoms with van der Waals surface area (Å²) < 4.78 is 26.2. The second-order valence-corrected chi connectivity index (χ2v) is 7.13. The minimum atomic E-state index is -1.04. The monoisotopic (exact) mass is 401 g/mol. The van der Waals surface area contributed by atoms with Crippen molar-refractivity contribution < 1.29 is 18.4 Å². The number of carbonyl (C=O) groups is 2. The molecule has 0 atom stereocenters. The zero-order valence-electron chi connectivity index (χ0n) is 15.0. The summed E-state index contributed by atoms with van der Waals surface area (Å²) in [5.41, 5.74) is 1.66. The molecular formula is C20H17F2N3O2S. The fourth-order valence-electron chi connectivity index (χ4n) is 2.51. The highest BCUT2D eigenvalue weighted by atomic mass is 32.1. The number of nitrogens with one attached hydrogen (secondary N) is 2. The maximum atomic E-state index is 13.2. The molecule has 0 unspecified atom stereocenters. The number of thiazole rings is 1. The summed E-state index contributed by atoms with van der Waals surface area (Å²) in [6.45, 7) is 2.09. The van der Waals surface area contributed by atoms with E-state index in [9.17, 15) is 18.4 Å². The Hall–Kier alpha value is -3.13.